The van der Waals surface area contributed by atoms with Gasteiger partial charge in [0.05, 0.1) is 12.1 Å². The van der Waals surface area contributed by atoms with Crippen molar-refractivity contribution in [3.05, 3.63) is 102 Å². The van der Waals surface area contributed by atoms with Crippen LogP contribution < -0.4 is 4.74 Å². The average molecular weight is 429 g/mol. The molecule has 32 heavy (non-hydrogen) atoms. The Kier molecular flexibility index (Phi) is 7.25. The molecule has 0 aliphatic rings. The highest BCUT2D eigenvalue weighted by atomic mass is 16.5. The van der Waals surface area contributed by atoms with Crippen molar-refractivity contribution in [1.29, 1.82) is 0 Å². The Balaban J connectivity index is 1.62. The van der Waals surface area contributed by atoms with E-state index in [2.05, 4.69) is 72.0 Å². The third kappa shape index (κ3) is 5.04. The first-order chi connectivity index (χ1) is 15.7. The molecule has 0 saturated heterocycles. The van der Waals surface area contributed by atoms with Gasteiger partial charge in [-0.05, 0) is 48.5 Å². The molecule has 3 aromatic carbocycles. The highest BCUT2D eigenvalue weighted by Crippen LogP contribution is 2.30. The number of nitrogens with zero attached hydrogens (tertiary/aromatic N) is 2. The molecule has 4 rings (SSSR count). The van der Waals surface area contributed by atoms with Crippen LogP contribution in [0, 0.1) is 0 Å². The molecule has 166 valence electrons. The van der Waals surface area contributed by atoms with Gasteiger partial charge in [0.25, 0.3) is 0 Å². The van der Waals surface area contributed by atoms with Gasteiger partial charge in [0.1, 0.15) is 12.4 Å². The smallest absolute Gasteiger partial charge is 0.120 e. The van der Waals surface area contributed by atoms with Gasteiger partial charge in [0, 0.05) is 23.6 Å². The number of aliphatic hydroxyl groups is 1. The minimum absolute atomic E-state index is 0.162. The molecule has 0 radical (unpaired) electrons. The molecule has 1 N–H and O–H groups in total. The molecule has 4 heteroatoms. The van der Waals surface area contributed by atoms with Crippen molar-refractivity contribution in [2.24, 2.45) is 0 Å². The highest BCUT2D eigenvalue weighted by molar-refractivity contribution is 5.82. The van der Waals surface area contributed by atoms with E-state index in [-0.39, 0.29) is 6.04 Å². The summed E-state index contributed by atoms with van der Waals surface area (Å²) in [5, 5.41) is 12.4. The van der Waals surface area contributed by atoms with E-state index in [1.807, 2.05) is 42.5 Å². The lowest BCUT2D eigenvalue weighted by atomic mass is 10.00. The molecule has 0 amide bonds. The number of hydrogen-bond donors (Lipinski definition) is 1. The van der Waals surface area contributed by atoms with Crippen molar-refractivity contribution in [3.8, 4) is 5.75 Å². The zero-order chi connectivity index (χ0) is 22.3. The van der Waals surface area contributed by atoms with E-state index in [9.17, 15) is 5.11 Å². The summed E-state index contributed by atoms with van der Waals surface area (Å²) in [6, 6.07) is 28.6. The van der Waals surface area contributed by atoms with E-state index in [1.165, 1.54) is 0 Å². The highest BCUT2D eigenvalue weighted by Gasteiger charge is 2.25. The summed E-state index contributed by atoms with van der Waals surface area (Å²) in [6.07, 6.45) is 1.55. The molecule has 1 heterocycles. The topological polar surface area (TPSA) is 37.6 Å². The summed E-state index contributed by atoms with van der Waals surface area (Å²) in [5.41, 5.74) is 3.34. The molecule has 0 saturated carbocycles. The van der Waals surface area contributed by atoms with Gasteiger partial charge in [-0.15, -0.1) is 0 Å². The summed E-state index contributed by atoms with van der Waals surface area (Å²) < 4.78 is 8.21. The first kappa shape index (κ1) is 22.1. The standard InChI is InChI=1S/C28H32N2O2/c1-3-29(4-2)20-27(31)28(23-13-9-6-10-14-23)30-18-17-24-19-25(15-16-26(24)30)32-21-22-11-7-5-8-12-22/h5-19,27-28,31H,3-4,20-21H2,1-2H3/t27-,28+/m1/s1. The summed E-state index contributed by atoms with van der Waals surface area (Å²) >= 11 is 0. The molecular weight excluding hydrogens is 396 g/mol. The van der Waals surface area contributed by atoms with Crippen LogP contribution in [0.4, 0.5) is 0 Å². The van der Waals surface area contributed by atoms with Gasteiger partial charge >= 0.3 is 0 Å². The first-order valence-electron chi connectivity index (χ1n) is 11.4. The SMILES string of the molecule is CCN(CC)C[C@@H](O)[C@H](c1ccccc1)n1ccc2cc(OCc3ccccc3)ccc21. The van der Waals surface area contributed by atoms with Crippen LogP contribution in [-0.4, -0.2) is 40.3 Å². The average Bonchev–Trinajstić information content (AvgIpc) is 3.25. The fourth-order valence-electron chi connectivity index (χ4n) is 4.28. The maximum absolute atomic E-state index is 11.3. The van der Waals surface area contributed by atoms with Crippen molar-refractivity contribution >= 4 is 10.9 Å². The number of rotatable bonds is 10. The molecule has 4 aromatic rings. The summed E-state index contributed by atoms with van der Waals surface area (Å²) in [7, 11) is 0. The second-order valence-corrected chi connectivity index (χ2v) is 8.13. The van der Waals surface area contributed by atoms with Crippen molar-refractivity contribution in [3.63, 3.8) is 0 Å². The zero-order valence-electron chi connectivity index (χ0n) is 18.9. The maximum atomic E-state index is 11.3. The number of likely N-dealkylation sites (N-methyl/N-ethyl adjacent to an activating group) is 1. The minimum Gasteiger partial charge on any atom is -0.489 e. The number of hydrogen-bond acceptors (Lipinski definition) is 3. The second kappa shape index (κ2) is 10.5. The zero-order valence-corrected chi connectivity index (χ0v) is 18.9. The first-order valence-corrected chi connectivity index (χ1v) is 11.4. The van der Waals surface area contributed by atoms with Gasteiger partial charge < -0.3 is 19.3 Å². The molecule has 4 nitrogen and oxygen atoms in total. The van der Waals surface area contributed by atoms with Crippen molar-refractivity contribution in [2.75, 3.05) is 19.6 Å². The Morgan fingerprint density at radius 1 is 0.875 bits per heavy atom. The van der Waals surface area contributed by atoms with Crippen LogP contribution >= 0.6 is 0 Å². The summed E-state index contributed by atoms with van der Waals surface area (Å²) in [4.78, 5) is 2.27. The van der Waals surface area contributed by atoms with E-state index in [1.54, 1.807) is 0 Å². The lowest BCUT2D eigenvalue weighted by Gasteiger charge is -2.30. The molecule has 0 spiro atoms. The fraction of sp³-hybridized carbons (Fsp3) is 0.286. The third-order valence-electron chi connectivity index (χ3n) is 6.09. The van der Waals surface area contributed by atoms with Gasteiger partial charge in [-0.3, -0.25) is 0 Å². The van der Waals surface area contributed by atoms with E-state index in [0.717, 1.165) is 40.9 Å². The number of ether oxygens (including phenoxy) is 1. The second-order valence-electron chi connectivity index (χ2n) is 8.13. The Bertz CT molecular complexity index is 1100. The van der Waals surface area contributed by atoms with Crippen LogP contribution in [0.15, 0.2) is 91.1 Å². The van der Waals surface area contributed by atoms with Crippen LogP contribution in [0.2, 0.25) is 0 Å². The lowest BCUT2D eigenvalue weighted by molar-refractivity contribution is 0.0862. The van der Waals surface area contributed by atoms with Crippen LogP contribution in [0.1, 0.15) is 31.0 Å². The Morgan fingerprint density at radius 2 is 1.56 bits per heavy atom. The normalized spacial score (nSPS) is 13.4. The van der Waals surface area contributed by atoms with Crippen LogP contribution in [-0.2, 0) is 6.61 Å². The predicted molar refractivity (Wildman–Crippen MR) is 131 cm³/mol. The monoisotopic (exact) mass is 428 g/mol. The van der Waals surface area contributed by atoms with Crippen LogP contribution in [0.3, 0.4) is 0 Å². The van der Waals surface area contributed by atoms with Crippen LogP contribution in [0.25, 0.3) is 10.9 Å². The number of aromatic nitrogens is 1. The maximum Gasteiger partial charge on any atom is 0.120 e. The van der Waals surface area contributed by atoms with Crippen molar-refractivity contribution < 1.29 is 9.84 Å². The number of benzene rings is 3. The Hall–Kier alpha value is -3.08. The molecule has 0 fully saturated rings. The lowest BCUT2D eigenvalue weighted by Crippen LogP contribution is -2.37. The molecule has 0 unspecified atom stereocenters. The van der Waals surface area contributed by atoms with E-state index < -0.39 is 6.10 Å². The summed E-state index contributed by atoms with van der Waals surface area (Å²) in [5.74, 6) is 0.846. The van der Waals surface area contributed by atoms with Gasteiger partial charge in [0.2, 0.25) is 0 Å². The Morgan fingerprint density at radius 3 is 2.25 bits per heavy atom. The van der Waals surface area contributed by atoms with Gasteiger partial charge in [0.15, 0.2) is 0 Å². The molecular formula is C28H32N2O2. The molecule has 2 atom stereocenters. The number of aliphatic hydroxyl groups excluding tert-OH is 1. The third-order valence-corrected chi connectivity index (χ3v) is 6.09. The fourth-order valence-corrected chi connectivity index (χ4v) is 4.28. The largest absolute Gasteiger partial charge is 0.489 e. The molecule has 0 bridgehead atoms. The van der Waals surface area contributed by atoms with Gasteiger partial charge in [-0.1, -0.05) is 74.5 Å². The molecule has 0 aliphatic heterocycles. The van der Waals surface area contributed by atoms with Gasteiger partial charge in [-0.25, -0.2) is 0 Å². The molecule has 1 aromatic heterocycles. The predicted octanol–water partition coefficient (Wildman–Crippen LogP) is 5.51. The Labute approximate surface area is 190 Å². The van der Waals surface area contributed by atoms with E-state index in [0.29, 0.717) is 13.2 Å². The van der Waals surface area contributed by atoms with E-state index in [4.69, 9.17) is 4.74 Å². The van der Waals surface area contributed by atoms with E-state index >= 15 is 0 Å². The summed E-state index contributed by atoms with van der Waals surface area (Å²) in [6.45, 7) is 7.28. The van der Waals surface area contributed by atoms with Gasteiger partial charge in [-0.2, -0.15) is 0 Å². The number of fused-ring (bicyclic) bond motifs is 1. The minimum atomic E-state index is -0.526. The van der Waals surface area contributed by atoms with Crippen molar-refractivity contribution in [1.82, 2.24) is 9.47 Å². The van der Waals surface area contributed by atoms with Crippen LogP contribution in [0.5, 0.6) is 5.75 Å². The molecule has 0 aliphatic carbocycles. The van der Waals surface area contributed by atoms with Crippen molar-refractivity contribution in [2.45, 2.75) is 32.6 Å². The quantitative estimate of drug-likeness (QED) is 0.362.